The zero-order valence-corrected chi connectivity index (χ0v) is 10.5. The summed E-state index contributed by atoms with van der Waals surface area (Å²) in [7, 11) is 0. The van der Waals surface area contributed by atoms with E-state index in [9.17, 15) is 0 Å². The minimum absolute atomic E-state index is 0.713. The maximum Gasteiger partial charge on any atom is 0.147 e. The van der Waals surface area contributed by atoms with Crippen molar-refractivity contribution < 1.29 is 0 Å². The summed E-state index contributed by atoms with van der Waals surface area (Å²) < 4.78 is 2.16. The number of aromatic nitrogens is 3. The van der Waals surface area contributed by atoms with E-state index in [1.807, 2.05) is 6.33 Å². The lowest BCUT2D eigenvalue weighted by Crippen LogP contribution is -2.39. The number of hydrogen-bond acceptors (Lipinski definition) is 4. The second-order valence-electron chi connectivity index (χ2n) is 5.46. The van der Waals surface area contributed by atoms with Crippen LogP contribution in [0.4, 0.5) is 0 Å². The van der Waals surface area contributed by atoms with E-state index in [1.54, 1.807) is 0 Å². The Morgan fingerprint density at radius 1 is 1.47 bits per heavy atom. The smallest absolute Gasteiger partial charge is 0.147 e. The van der Waals surface area contributed by atoms with Crippen molar-refractivity contribution in [2.75, 3.05) is 19.6 Å². The molecule has 0 radical (unpaired) electrons. The zero-order chi connectivity index (χ0) is 11.7. The van der Waals surface area contributed by atoms with E-state index in [-0.39, 0.29) is 0 Å². The maximum atomic E-state index is 4.15. The van der Waals surface area contributed by atoms with Crippen molar-refractivity contribution in [3.8, 4) is 0 Å². The molecule has 1 unspecified atom stereocenters. The number of rotatable bonds is 5. The van der Waals surface area contributed by atoms with E-state index in [2.05, 4.69) is 31.9 Å². The molecule has 1 aromatic rings. The maximum absolute atomic E-state index is 4.15. The molecular weight excluding hydrogens is 214 g/mol. The average Bonchev–Trinajstić information content (AvgIpc) is 3.04. The Hall–Kier alpha value is -0.940. The normalized spacial score (nSPS) is 22.4. The van der Waals surface area contributed by atoms with Crippen LogP contribution in [0.1, 0.15) is 25.6 Å². The van der Waals surface area contributed by atoms with Gasteiger partial charge in [0.25, 0.3) is 0 Å². The van der Waals surface area contributed by atoms with Crippen LogP contribution < -0.4 is 5.32 Å². The van der Waals surface area contributed by atoms with Gasteiger partial charge in [0.15, 0.2) is 0 Å². The van der Waals surface area contributed by atoms with Gasteiger partial charge >= 0.3 is 0 Å². The standard InChI is InChI=1S/C12H21N5/c1-10(6-13-11-2-3-11)7-16-4-5-17-9-14-15-12(17)8-16/h9-11,13H,2-8H2,1H3. The number of nitrogens with zero attached hydrogens (tertiary/aromatic N) is 4. The number of fused-ring (bicyclic) bond motifs is 1. The van der Waals surface area contributed by atoms with Crippen molar-refractivity contribution >= 4 is 0 Å². The highest BCUT2D eigenvalue weighted by molar-refractivity contribution is 4.90. The lowest BCUT2D eigenvalue weighted by molar-refractivity contribution is 0.188. The largest absolute Gasteiger partial charge is 0.315 e. The van der Waals surface area contributed by atoms with Crippen LogP contribution in [-0.4, -0.2) is 45.3 Å². The Bertz CT molecular complexity index is 371. The molecule has 1 fully saturated rings. The number of hydrogen-bond donors (Lipinski definition) is 1. The molecule has 1 atom stereocenters. The molecule has 1 saturated carbocycles. The quantitative estimate of drug-likeness (QED) is 0.806. The first-order chi connectivity index (χ1) is 8.31. The van der Waals surface area contributed by atoms with Gasteiger partial charge in [0.05, 0.1) is 6.54 Å². The molecule has 0 amide bonds. The monoisotopic (exact) mass is 235 g/mol. The summed E-state index contributed by atoms with van der Waals surface area (Å²) in [6, 6.07) is 0.821. The van der Waals surface area contributed by atoms with Gasteiger partial charge in [-0.3, -0.25) is 4.90 Å². The molecule has 2 aliphatic rings. The van der Waals surface area contributed by atoms with E-state index in [4.69, 9.17) is 0 Å². The topological polar surface area (TPSA) is 46.0 Å². The minimum Gasteiger partial charge on any atom is -0.315 e. The molecule has 0 spiro atoms. The lowest BCUT2D eigenvalue weighted by Gasteiger charge is -2.29. The van der Waals surface area contributed by atoms with E-state index >= 15 is 0 Å². The molecule has 0 bridgehead atoms. The molecule has 3 rings (SSSR count). The van der Waals surface area contributed by atoms with Crippen LogP contribution >= 0.6 is 0 Å². The van der Waals surface area contributed by atoms with Crippen molar-refractivity contribution in [2.45, 2.75) is 38.9 Å². The lowest BCUT2D eigenvalue weighted by atomic mass is 10.1. The minimum atomic E-state index is 0.713. The summed E-state index contributed by atoms with van der Waals surface area (Å²) in [6.07, 6.45) is 4.59. The summed E-state index contributed by atoms with van der Waals surface area (Å²) in [4.78, 5) is 2.49. The Labute approximate surface area is 102 Å². The summed E-state index contributed by atoms with van der Waals surface area (Å²) in [6.45, 7) is 7.74. The second kappa shape index (κ2) is 4.74. The average molecular weight is 235 g/mol. The van der Waals surface area contributed by atoms with E-state index in [0.717, 1.165) is 44.6 Å². The molecule has 5 nitrogen and oxygen atoms in total. The van der Waals surface area contributed by atoms with Gasteiger partial charge in [0, 0.05) is 25.7 Å². The molecule has 5 heteroatoms. The fraction of sp³-hybridized carbons (Fsp3) is 0.833. The first kappa shape index (κ1) is 11.2. The van der Waals surface area contributed by atoms with Crippen molar-refractivity contribution in [2.24, 2.45) is 5.92 Å². The molecule has 1 aliphatic heterocycles. The number of nitrogens with one attached hydrogen (secondary N) is 1. The van der Waals surface area contributed by atoms with Crippen LogP contribution in [0.15, 0.2) is 6.33 Å². The highest BCUT2D eigenvalue weighted by Gasteiger charge is 2.22. The molecule has 17 heavy (non-hydrogen) atoms. The van der Waals surface area contributed by atoms with Gasteiger partial charge in [-0.2, -0.15) is 0 Å². The molecule has 1 aliphatic carbocycles. The zero-order valence-electron chi connectivity index (χ0n) is 10.5. The molecule has 1 N–H and O–H groups in total. The van der Waals surface area contributed by atoms with E-state index in [1.165, 1.54) is 12.8 Å². The molecule has 0 saturated heterocycles. The fourth-order valence-corrected chi connectivity index (χ4v) is 2.43. The van der Waals surface area contributed by atoms with E-state index in [0.29, 0.717) is 5.92 Å². The van der Waals surface area contributed by atoms with Gasteiger partial charge in [-0.15, -0.1) is 10.2 Å². The van der Waals surface area contributed by atoms with Gasteiger partial charge in [-0.1, -0.05) is 6.92 Å². The molecular formula is C12H21N5. The first-order valence-electron chi connectivity index (χ1n) is 6.63. The Morgan fingerprint density at radius 3 is 3.18 bits per heavy atom. The third-order valence-electron chi connectivity index (χ3n) is 3.62. The SMILES string of the molecule is CC(CNC1CC1)CN1CCn2cnnc2C1. The highest BCUT2D eigenvalue weighted by atomic mass is 15.3. The van der Waals surface area contributed by atoms with Crippen LogP contribution in [-0.2, 0) is 13.1 Å². The second-order valence-corrected chi connectivity index (χ2v) is 5.46. The van der Waals surface area contributed by atoms with Crippen LogP contribution in [0.2, 0.25) is 0 Å². The van der Waals surface area contributed by atoms with Gasteiger partial charge < -0.3 is 9.88 Å². The summed E-state index contributed by atoms with van der Waals surface area (Å²) in [5, 5.41) is 11.7. The third kappa shape index (κ3) is 2.84. The Morgan fingerprint density at radius 2 is 2.35 bits per heavy atom. The Kier molecular flexibility index (Phi) is 3.11. The van der Waals surface area contributed by atoms with Gasteiger partial charge in [-0.25, -0.2) is 0 Å². The van der Waals surface area contributed by atoms with Gasteiger partial charge in [0.2, 0.25) is 0 Å². The molecule has 1 aromatic heterocycles. The molecule has 0 aromatic carbocycles. The van der Waals surface area contributed by atoms with Crippen LogP contribution in [0.5, 0.6) is 0 Å². The summed E-state index contributed by atoms with van der Waals surface area (Å²) >= 11 is 0. The van der Waals surface area contributed by atoms with Crippen LogP contribution in [0, 0.1) is 5.92 Å². The van der Waals surface area contributed by atoms with Crippen molar-refractivity contribution in [1.82, 2.24) is 25.0 Å². The van der Waals surface area contributed by atoms with E-state index < -0.39 is 0 Å². The fourth-order valence-electron chi connectivity index (χ4n) is 2.43. The summed E-state index contributed by atoms with van der Waals surface area (Å²) in [5.74, 6) is 1.82. The van der Waals surface area contributed by atoms with Crippen molar-refractivity contribution in [3.05, 3.63) is 12.2 Å². The third-order valence-corrected chi connectivity index (χ3v) is 3.62. The van der Waals surface area contributed by atoms with Crippen molar-refractivity contribution in [1.29, 1.82) is 0 Å². The Balaban J connectivity index is 1.46. The molecule has 94 valence electrons. The molecule has 2 heterocycles. The summed E-state index contributed by atoms with van der Waals surface area (Å²) in [5.41, 5.74) is 0. The van der Waals surface area contributed by atoms with Crippen LogP contribution in [0.25, 0.3) is 0 Å². The van der Waals surface area contributed by atoms with Crippen molar-refractivity contribution in [3.63, 3.8) is 0 Å². The predicted octanol–water partition coefficient (Wildman–Crippen LogP) is 0.482. The highest BCUT2D eigenvalue weighted by Crippen LogP contribution is 2.19. The van der Waals surface area contributed by atoms with Gasteiger partial charge in [0.1, 0.15) is 12.2 Å². The first-order valence-corrected chi connectivity index (χ1v) is 6.63. The van der Waals surface area contributed by atoms with Crippen LogP contribution in [0.3, 0.4) is 0 Å². The van der Waals surface area contributed by atoms with Gasteiger partial charge in [-0.05, 0) is 25.3 Å². The predicted molar refractivity (Wildman–Crippen MR) is 65.5 cm³/mol.